The Balaban J connectivity index is 2.77. The molecule has 0 saturated carbocycles. The summed E-state index contributed by atoms with van der Waals surface area (Å²) in [5.41, 5.74) is 0.607. The van der Waals surface area contributed by atoms with Crippen LogP contribution in [-0.2, 0) is 9.84 Å². The second kappa shape index (κ2) is 6.77. The van der Waals surface area contributed by atoms with E-state index in [1.165, 1.54) is 13.4 Å². The average molecular weight is 288 g/mol. The monoisotopic (exact) mass is 288 g/mol. The number of sulfone groups is 1. The van der Waals surface area contributed by atoms with Crippen molar-refractivity contribution in [1.82, 2.24) is 0 Å². The number of aliphatic hydroxyl groups excluding tert-OH is 1. The average Bonchev–Trinajstić information content (AvgIpc) is 2.36. The van der Waals surface area contributed by atoms with E-state index in [0.29, 0.717) is 29.9 Å². The highest BCUT2D eigenvalue weighted by Crippen LogP contribution is 2.31. The van der Waals surface area contributed by atoms with Gasteiger partial charge in [-0.25, -0.2) is 8.42 Å². The second-order valence-corrected chi connectivity index (χ2v) is 6.66. The van der Waals surface area contributed by atoms with Gasteiger partial charge in [-0.3, -0.25) is 0 Å². The molecule has 1 rings (SSSR count). The smallest absolute Gasteiger partial charge is 0.147 e. The number of ether oxygens (including phenoxy) is 2. The van der Waals surface area contributed by atoms with Gasteiger partial charge in [0.25, 0.3) is 0 Å². The van der Waals surface area contributed by atoms with Crippen molar-refractivity contribution < 1.29 is 23.0 Å². The third-order valence-electron chi connectivity index (χ3n) is 2.79. The van der Waals surface area contributed by atoms with Crippen LogP contribution in [0.2, 0.25) is 0 Å². The molecule has 0 aromatic heterocycles. The van der Waals surface area contributed by atoms with Crippen molar-refractivity contribution in [3.8, 4) is 11.5 Å². The van der Waals surface area contributed by atoms with Gasteiger partial charge in [0.05, 0.1) is 20.3 Å². The van der Waals surface area contributed by atoms with Crippen molar-refractivity contribution in [3.63, 3.8) is 0 Å². The van der Waals surface area contributed by atoms with Gasteiger partial charge in [-0.15, -0.1) is 0 Å². The summed E-state index contributed by atoms with van der Waals surface area (Å²) >= 11 is 0. The van der Waals surface area contributed by atoms with Crippen molar-refractivity contribution in [2.75, 3.05) is 26.2 Å². The van der Waals surface area contributed by atoms with E-state index in [4.69, 9.17) is 9.47 Å². The third-order valence-corrected chi connectivity index (χ3v) is 3.82. The van der Waals surface area contributed by atoms with Crippen LogP contribution in [0.15, 0.2) is 18.2 Å². The molecule has 0 spiro atoms. The summed E-state index contributed by atoms with van der Waals surface area (Å²) in [6.07, 6.45) is 1.18. The Bertz CT molecular complexity index is 510. The Morgan fingerprint density at radius 3 is 2.47 bits per heavy atom. The highest BCUT2D eigenvalue weighted by atomic mass is 32.2. The summed E-state index contributed by atoms with van der Waals surface area (Å²) in [4.78, 5) is 0. The highest BCUT2D eigenvalue weighted by Gasteiger charge is 2.15. The molecule has 0 bridgehead atoms. The van der Waals surface area contributed by atoms with Crippen LogP contribution in [0.4, 0.5) is 0 Å². The minimum absolute atomic E-state index is 0.0658. The van der Waals surface area contributed by atoms with E-state index < -0.39 is 15.9 Å². The summed E-state index contributed by atoms with van der Waals surface area (Å²) in [5, 5.41) is 10.1. The van der Waals surface area contributed by atoms with Crippen LogP contribution in [0.25, 0.3) is 0 Å². The lowest BCUT2D eigenvalue weighted by molar-refractivity contribution is 0.162. The summed E-state index contributed by atoms with van der Waals surface area (Å²) in [6, 6.07) is 5.16. The molecule has 5 nitrogen and oxygen atoms in total. The number of hydrogen-bond acceptors (Lipinski definition) is 5. The number of methoxy groups -OCH3 is 2. The Labute approximate surface area is 114 Å². The maximum atomic E-state index is 11.0. The highest BCUT2D eigenvalue weighted by molar-refractivity contribution is 7.90. The molecule has 0 amide bonds. The van der Waals surface area contributed by atoms with Gasteiger partial charge in [-0.1, -0.05) is 0 Å². The van der Waals surface area contributed by atoms with Gasteiger partial charge in [0.2, 0.25) is 0 Å². The number of aliphatic hydroxyl groups is 1. The first-order valence-electron chi connectivity index (χ1n) is 5.95. The molecule has 6 heteroatoms. The summed E-state index contributed by atoms with van der Waals surface area (Å²) < 4.78 is 32.4. The Morgan fingerprint density at radius 2 is 1.95 bits per heavy atom. The zero-order chi connectivity index (χ0) is 14.5. The second-order valence-electron chi connectivity index (χ2n) is 4.40. The maximum Gasteiger partial charge on any atom is 0.147 e. The van der Waals surface area contributed by atoms with Gasteiger partial charge < -0.3 is 14.6 Å². The van der Waals surface area contributed by atoms with Crippen LogP contribution in [0, 0.1) is 0 Å². The molecule has 0 heterocycles. The van der Waals surface area contributed by atoms with Crippen LogP contribution in [0.5, 0.6) is 11.5 Å². The Kier molecular flexibility index (Phi) is 5.62. The first-order valence-corrected chi connectivity index (χ1v) is 8.01. The van der Waals surface area contributed by atoms with E-state index in [2.05, 4.69) is 0 Å². The van der Waals surface area contributed by atoms with Gasteiger partial charge in [0.15, 0.2) is 0 Å². The lowest BCUT2D eigenvalue weighted by atomic mass is 10.0. The van der Waals surface area contributed by atoms with E-state index in [-0.39, 0.29) is 5.75 Å². The van der Waals surface area contributed by atoms with Crippen LogP contribution >= 0.6 is 0 Å². The van der Waals surface area contributed by atoms with Crippen molar-refractivity contribution in [3.05, 3.63) is 23.8 Å². The fraction of sp³-hybridized carbons (Fsp3) is 0.538. The number of hydrogen-bond donors (Lipinski definition) is 1. The molecule has 108 valence electrons. The minimum Gasteiger partial charge on any atom is -0.497 e. The van der Waals surface area contributed by atoms with Crippen molar-refractivity contribution >= 4 is 9.84 Å². The molecule has 1 unspecified atom stereocenters. The van der Waals surface area contributed by atoms with Gasteiger partial charge >= 0.3 is 0 Å². The SMILES string of the molecule is COc1ccc(OC)c(C(O)CCCS(C)(=O)=O)c1. The molecule has 0 fully saturated rings. The molecule has 0 aliphatic rings. The van der Waals surface area contributed by atoms with Gasteiger partial charge in [-0.05, 0) is 31.0 Å². The topological polar surface area (TPSA) is 72.8 Å². The lowest BCUT2D eigenvalue weighted by Gasteiger charge is -2.15. The van der Waals surface area contributed by atoms with Crippen molar-refractivity contribution in [1.29, 1.82) is 0 Å². The Morgan fingerprint density at radius 1 is 1.26 bits per heavy atom. The molecule has 0 saturated heterocycles. The van der Waals surface area contributed by atoms with Crippen LogP contribution in [-0.4, -0.2) is 39.8 Å². The lowest BCUT2D eigenvalue weighted by Crippen LogP contribution is -2.07. The first-order chi connectivity index (χ1) is 8.87. The molecular weight excluding hydrogens is 268 g/mol. The zero-order valence-electron chi connectivity index (χ0n) is 11.4. The Hall–Kier alpha value is -1.27. The van der Waals surface area contributed by atoms with Gasteiger partial charge in [0.1, 0.15) is 21.3 Å². The molecule has 0 aliphatic carbocycles. The molecule has 1 N–H and O–H groups in total. The first kappa shape index (κ1) is 15.8. The molecule has 1 atom stereocenters. The van der Waals surface area contributed by atoms with Gasteiger partial charge in [-0.2, -0.15) is 0 Å². The van der Waals surface area contributed by atoms with E-state index in [9.17, 15) is 13.5 Å². The maximum absolute atomic E-state index is 11.0. The predicted molar refractivity (Wildman–Crippen MR) is 73.5 cm³/mol. The van der Waals surface area contributed by atoms with E-state index in [0.717, 1.165) is 0 Å². The summed E-state index contributed by atoms with van der Waals surface area (Å²) in [6.45, 7) is 0. The fourth-order valence-corrected chi connectivity index (χ4v) is 2.49. The normalized spacial score (nSPS) is 13.1. The molecule has 1 aromatic rings. The standard InChI is InChI=1S/C13H20O5S/c1-17-10-6-7-13(18-2)11(9-10)12(14)5-4-8-19(3,15)16/h6-7,9,12,14H,4-5,8H2,1-3H3. The minimum atomic E-state index is -3.00. The van der Waals surface area contributed by atoms with E-state index >= 15 is 0 Å². The van der Waals surface area contributed by atoms with Crippen molar-refractivity contribution in [2.24, 2.45) is 0 Å². The predicted octanol–water partition coefficient (Wildman–Crippen LogP) is 1.56. The summed E-state index contributed by atoms with van der Waals surface area (Å²) in [5.74, 6) is 1.25. The fourth-order valence-electron chi connectivity index (χ4n) is 1.79. The van der Waals surface area contributed by atoms with Gasteiger partial charge in [0, 0.05) is 17.6 Å². The summed E-state index contributed by atoms with van der Waals surface area (Å²) in [7, 11) is 0.0681. The van der Waals surface area contributed by atoms with Crippen molar-refractivity contribution in [2.45, 2.75) is 18.9 Å². The van der Waals surface area contributed by atoms with E-state index in [1.54, 1.807) is 25.3 Å². The molecule has 1 aromatic carbocycles. The van der Waals surface area contributed by atoms with Crippen LogP contribution in [0.1, 0.15) is 24.5 Å². The number of rotatable bonds is 7. The molecule has 0 aliphatic heterocycles. The molecule has 19 heavy (non-hydrogen) atoms. The van der Waals surface area contributed by atoms with Crippen LogP contribution < -0.4 is 9.47 Å². The molecular formula is C13H20O5S. The largest absolute Gasteiger partial charge is 0.497 e. The third kappa shape index (κ3) is 5.08. The number of benzene rings is 1. The molecule has 0 radical (unpaired) electrons. The van der Waals surface area contributed by atoms with E-state index in [1.807, 2.05) is 0 Å². The quantitative estimate of drug-likeness (QED) is 0.824. The van der Waals surface area contributed by atoms with Crippen LogP contribution in [0.3, 0.4) is 0 Å². The zero-order valence-corrected chi connectivity index (χ0v) is 12.2.